The smallest absolute Gasteiger partial charge is 0.108 e. The third kappa shape index (κ3) is 3.83. The lowest BCUT2D eigenvalue weighted by Gasteiger charge is -2.25. The van der Waals surface area contributed by atoms with E-state index in [0.717, 1.165) is 24.5 Å². The molecule has 0 radical (unpaired) electrons. The van der Waals surface area contributed by atoms with E-state index in [-0.39, 0.29) is 24.8 Å². The van der Waals surface area contributed by atoms with Crippen molar-refractivity contribution < 1.29 is 0 Å². The molecular weight excluding hydrogens is 313 g/mol. The van der Waals surface area contributed by atoms with Gasteiger partial charge in [-0.15, -0.1) is 36.2 Å². The summed E-state index contributed by atoms with van der Waals surface area (Å²) in [5.41, 5.74) is 7.00. The molecule has 1 saturated carbocycles. The topological polar surface area (TPSA) is 42.2 Å². The van der Waals surface area contributed by atoms with Gasteiger partial charge in [0.1, 0.15) is 5.01 Å². The second-order valence-electron chi connectivity index (χ2n) is 5.13. The number of nitrogens with two attached hydrogens (primary N) is 1. The number of nitrogens with zero attached hydrogens (tertiary/aromatic N) is 2. The first kappa shape index (κ1) is 17.7. The van der Waals surface area contributed by atoms with Crippen LogP contribution in [0.1, 0.15) is 17.8 Å². The summed E-state index contributed by atoms with van der Waals surface area (Å²) < 4.78 is 1.27. The fourth-order valence-electron chi connectivity index (χ4n) is 2.53. The quantitative estimate of drug-likeness (QED) is 0.912. The van der Waals surface area contributed by atoms with Crippen molar-refractivity contribution in [1.29, 1.82) is 0 Å². The molecule has 0 saturated heterocycles. The van der Waals surface area contributed by atoms with Crippen LogP contribution in [0.3, 0.4) is 0 Å². The van der Waals surface area contributed by atoms with Gasteiger partial charge in [0.05, 0.1) is 16.8 Å². The Bertz CT molecular complexity index is 509. The second kappa shape index (κ2) is 7.57. The van der Waals surface area contributed by atoms with E-state index in [2.05, 4.69) is 35.1 Å². The van der Waals surface area contributed by atoms with Gasteiger partial charge in [-0.3, -0.25) is 4.90 Å². The summed E-state index contributed by atoms with van der Waals surface area (Å²) in [6.07, 6.45) is 2.68. The van der Waals surface area contributed by atoms with Crippen LogP contribution in [-0.4, -0.2) is 29.5 Å². The van der Waals surface area contributed by atoms with E-state index in [9.17, 15) is 0 Å². The van der Waals surface area contributed by atoms with Crippen LogP contribution in [0.25, 0.3) is 10.2 Å². The fraction of sp³-hybridized carbons (Fsp3) is 0.500. The summed E-state index contributed by atoms with van der Waals surface area (Å²) in [4.78, 5) is 7.06. The van der Waals surface area contributed by atoms with E-state index in [1.807, 2.05) is 6.07 Å². The van der Waals surface area contributed by atoms with E-state index in [0.29, 0.717) is 6.04 Å². The van der Waals surface area contributed by atoms with Gasteiger partial charge in [-0.2, -0.15) is 0 Å². The molecule has 0 bridgehead atoms. The minimum Gasteiger partial charge on any atom is -0.329 e. The molecule has 1 aliphatic carbocycles. The Morgan fingerprint density at radius 1 is 1.35 bits per heavy atom. The van der Waals surface area contributed by atoms with Crippen molar-refractivity contribution >= 4 is 46.4 Å². The molecule has 1 unspecified atom stereocenters. The van der Waals surface area contributed by atoms with Crippen LogP contribution < -0.4 is 5.73 Å². The number of fused-ring (bicyclic) bond motifs is 1. The maximum Gasteiger partial charge on any atom is 0.108 e. The Labute approximate surface area is 136 Å². The predicted octanol–water partition coefficient (Wildman–Crippen LogP) is 3.31. The van der Waals surface area contributed by atoms with Crippen LogP contribution in [0.15, 0.2) is 24.3 Å². The lowest BCUT2D eigenvalue weighted by atomic mass is 10.1. The Balaban J connectivity index is 0.000001000. The van der Waals surface area contributed by atoms with Crippen LogP contribution in [0.4, 0.5) is 0 Å². The molecule has 3 rings (SSSR count). The minimum absolute atomic E-state index is 0. The molecule has 0 spiro atoms. The first-order valence-electron chi connectivity index (χ1n) is 6.52. The van der Waals surface area contributed by atoms with E-state index >= 15 is 0 Å². The summed E-state index contributed by atoms with van der Waals surface area (Å²) in [5.74, 6) is 0.814. The molecule has 1 atom stereocenters. The average Bonchev–Trinajstić information content (AvgIpc) is 3.09. The molecule has 20 heavy (non-hydrogen) atoms. The molecule has 1 heterocycles. The van der Waals surface area contributed by atoms with Gasteiger partial charge >= 0.3 is 0 Å². The molecule has 2 N–H and O–H groups in total. The van der Waals surface area contributed by atoms with Gasteiger partial charge < -0.3 is 5.73 Å². The first-order chi connectivity index (χ1) is 8.78. The normalized spacial score (nSPS) is 15.8. The van der Waals surface area contributed by atoms with Crippen LogP contribution >= 0.6 is 36.2 Å². The maximum absolute atomic E-state index is 5.88. The number of hydrogen-bond acceptors (Lipinski definition) is 4. The number of likely N-dealkylation sites (N-methyl/N-ethyl adjacent to an activating group) is 1. The summed E-state index contributed by atoms with van der Waals surface area (Å²) in [5, 5.41) is 1.19. The molecule has 2 aromatic rings. The largest absolute Gasteiger partial charge is 0.329 e. The standard InChI is InChI=1S/C14H19N3S.2ClH/c1-17(12(8-15)10-6-7-10)9-14-16-11-4-2-3-5-13(11)18-14;;/h2-5,10,12H,6-9,15H2,1H3;2*1H. The molecular formula is C14H21Cl2N3S. The van der Waals surface area contributed by atoms with Crippen molar-refractivity contribution in [3.8, 4) is 0 Å². The highest BCUT2D eigenvalue weighted by Gasteiger charge is 2.32. The molecule has 1 fully saturated rings. The number of benzene rings is 1. The zero-order chi connectivity index (χ0) is 12.5. The van der Waals surface area contributed by atoms with Gasteiger partial charge in [-0.05, 0) is 37.9 Å². The molecule has 0 amide bonds. The predicted molar refractivity (Wildman–Crippen MR) is 91.1 cm³/mol. The summed E-state index contributed by atoms with van der Waals surface area (Å²) in [7, 11) is 2.17. The molecule has 6 heteroatoms. The van der Waals surface area contributed by atoms with Gasteiger partial charge in [0.15, 0.2) is 0 Å². The van der Waals surface area contributed by atoms with Crippen molar-refractivity contribution in [3.05, 3.63) is 29.3 Å². The van der Waals surface area contributed by atoms with Gasteiger partial charge in [0, 0.05) is 12.6 Å². The highest BCUT2D eigenvalue weighted by atomic mass is 35.5. The monoisotopic (exact) mass is 333 g/mol. The molecule has 112 valence electrons. The maximum atomic E-state index is 5.88. The minimum atomic E-state index is 0. The first-order valence-corrected chi connectivity index (χ1v) is 7.34. The van der Waals surface area contributed by atoms with Gasteiger partial charge in [-0.1, -0.05) is 12.1 Å². The van der Waals surface area contributed by atoms with Crippen molar-refractivity contribution in [1.82, 2.24) is 9.88 Å². The van der Waals surface area contributed by atoms with E-state index < -0.39 is 0 Å². The number of para-hydroxylation sites is 1. The summed E-state index contributed by atoms with van der Waals surface area (Å²) >= 11 is 1.79. The molecule has 1 aliphatic rings. The van der Waals surface area contributed by atoms with Gasteiger partial charge in [0.2, 0.25) is 0 Å². The highest BCUT2D eigenvalue weighted by Crippen LogP contribution is 2.35. The third-order valence-electron chi connectivity index (χ3n) is 3.70. The van der Waals surface area contributed by atoms with Crippen molar-refractivity contribution in [2.45, 2.75) is 25.4 Å². The van der Waals surface area contributed by atoms with Crippen LogP contribution in [0.2, 0.25) is 0 Å². The van der Waals surface area contributed by atoms with Gasteiger partial charge in [0.25, 0.3) is 0 Å². The molecule has 1 aromatic heterocycles. The number of aromatic nitrogens is 1. The van der Waals surface area contributed by atoms with Crippen molar-refractivity contribution in [3.63, 3.8) is 0 Å². The number of hydrogen-bond donors (Lipinski definition) is 1. The molecule has 0 aliphatic heterocycles. The summed E-state index contributed by atoms with van der Waals surface area (Å²) in [6.45, 7) is 1.67. The Morgan fingerprint density at radius 2 is 2.05 bits per heavy atom. The molecule has 3 nitrogen and oxygen atoms in total. The SMILES string of the molecule is CN(Cc1nc2ccccc2s1)C(CN)C1CC1.Cl.Cl. The van der Waals surface area contributed by atoms with E-state index in [1.54, 1.807) is 11.3 Å². The Morgan fingerprint density at radius 3 is 2.65 bits per heavy atom. The van der Waals surface area contributed by atoms with Crippen LogP contribution in [0.5, 0.6) is 0 Å². The van der Waals surface area contributed by atoms with Crippen LogP contribution in [-0.2, 0) is 6.54 Å². The van der Waals surface area contributed by atoms with Crippen LogP contribution in [0, 0.1) is 5.92 Å². The van der Waals surface area contributed by atoms with E-state index in [4.69, 9.17) is 5.73 Å². The average molecular weight is 334 g/mol. The third-order valence-corrected chi connectivity index (χ3v) is 4.72. The summed E-state index contributed by atoms with van der Waals surface area (Å²) in [6, 6.07) is 8.86. The Hall–Kier alpha value is -0.390. The Kier molecular flexibility index (Phi) is 6.69. The fourth-order valence-corrected chi connectivity index (χ4v) is 3.56. The van der Waals surface area contributed by atoms with Crippen molar-refractivity contribution in [2.75, 3.05) is 13.6 Å². The number of thiazole rings is 1. The lowest BCUT2D eigenvalue weighted by Crippen LogP contribution is -2.39. The molecule has 1 aromatic carbocycles. The van der Waals surface area contributed by atoms with Gasteiger partial charge in [-0.25, -0.2) is 4.98 Å². The van der Waals surface area contributed by atoms with Crippen molar-refractivity contribution in [2.24, 2.45) is 11.7 Å². The zero-order valence-corrected chi connectivity index (χ0v) is 13.9. The lowest BCUT2D eigenvalue weighted by molar-refractivity contribution is 0.215. The number of rotatable bonds is 5. The number of halogens is 2. The second-order valence-corrected chi connectivity index (χ2v) is 6.25. The zero-order valence-electron chi connectivity index (χ0n) is 11.5. The highest BCUT2D eigenvalue weighted by molar-refractivity contribution is 7.18. The van der Waals surface area contributed by atoms with E-state index in [1.165, 1.54) is 22.5 Å².